The summed E-state index contributed by atoms with van der Waals surface area (Å²) in [5, 5.41) is 0. The van der Waals surface area contributed by atoms with Gasteiger partial charge in [-0.15, -0.1) is 0 Å². The highest BCUT2D eigenvalue weighted by Gasteiger charge is 2.17. The van der Waals surface area contributed by atoms with Crippen LogP contribution in [0.1, 0.15) is 18.1 Å². The lowest BCUT2D eigenvalue weighted by molar-refractivity contribution is -0.115. The number of carbonyl (C=O) groups is 1. The zero-order valence-electron chi connectivity index (χ0n) is 13.1. The van der Waals surface area contributed by atoms with E-state index < -0.39 is 0 Å². The van der Waals surface area contributed by atoms with Crippen LogP contribution in [0.25, 0.3) is 0 Å². The van der Waals surface area contributed by atoms with Crippen molar-refractivity contribution in [3.8, 4) is 0 Å². The SMILES string of the molecule is CC(=O)N(c1ccccc1)c1ccccc1Cc1ccccc1. The summed E-state index contributed by atoms with van der Waals surface area (Å²) in [4.78, 5) is 14.1. The molecular formula is C21H19NO. The van der Waals surface area contributed by atoms with Crippen molar-refractivity contribution in [3.63, 3.8) is 0 Å². The molecule has 2 heteroatoms. The topological polar surface area (TPSA) is 20.3 Å². The van der Waals surface area contributed by atoms with E-state index in [0.717, 1.165) is 23.4 Å². The van der Waals surface area contributed by atoms with Gasteiger partial charge in [0.05, 0.1) is 5.69 Å². The van der Waals surface area contributed by atoms with Crippen LogP contribution in [0.3, 0.4) is 0 Å². The smallest absolute Gasteiger partial charge is 0.228 e. The number of rotatable bonds is 4. The number of hydrogen-bond donors (Lipinski definition) is 0. The number of para-hydroxylation sites is 2. The van der Waals surface area contributed by atoms with Gasteiger partial charge in [-0.2, -0.15) is 0 Å². The molecule has 0 radical (unpaired) electrons. The molecule has 0 atom stereocenters. The van der Waals surface area contributed by atoms with Gasteiger partial charge in [-0.1, -0.05) is 66.7 Å². The fraction of sp³-hybridized carbons (Fsp3) is 0.0952. The molecule has 3 rings (SSSR count). The molecular weight excluding hydrogens is 282 g/mol. The first-order valence-electron chi connectivity index (χ1n) is 7.73. The van der Waals surface area contributed by atoms with Crippen molar-refractivity contribution in [2.45, 2.75) is 13.3 Å². The van der Waals surface area contributed by atoms with Crippen molar-refractivity contribution in [1.29, 1.82) is 0 Å². The van der Waals surface area contributed by atoms with Crippen molar-refractivity contribution in [2.75, 3.05) is 4.90 Å². The lowest BCUT2D eigenvalue weighted by Gasteiger charge is -2.24. The van der Waals surface area contributed by atoms with Crippen LogP contribution in [0.2, 0.25) is 0 Å². The molecule has 0 unspecified atom stereocenters. The highest BCUT2D eigenvalue weighted by molar-refractivity contribution is 5.99. The van der Waals surface area contributed by atoms with Gasteiger partial charge in [0.1, 0.15) is 0 Å². The molecule has 0 fully saturated rings. The van der Waals surface area contributed by atoms with Crippen molar-refractivity contribution in [2.24, 2.45) is 0 Å². The number of nitrogens with zero attached hydrogens (tertiary/aromatic N) is 1. The largest absolute Gasteiger partial charge is 0.281 e. The minimum absolute atomic E-state index is 0.0108. The highest BCUT2D eigenvalue weighted by atomic mass is 16.2. The summed E-state index contributed by atoms with van der Waals surface area (Å²) in [6.07, 6.45) is 0.799. The third-order valence-corrected chi connectivity index (χ3v) is 3.80. The maximum Gasteiger partial charge on any atom is 0.228 e. The van der Waals surface area contributed by atoms with Gasteiger partial charge < -0.3 is 0 Å². The molecule has 1 amide bonds. The predicted molar refractivity (Wildman–Crippen MR) is 95.0 cm³/mol. The van der Waals surface area contributed by atoms with Crippen LogP contribution >= 0.6 is 0 Å². The van der Waals surface area contributed by atoms with E-state index >= 15 is 0 Å². The summed E-state index contributed by atoms with van der Waals surface area (Å²) in [7, 11) is 0. The molecule has 0 aliphatic heterocycles. The third-order valence-electron chi connectivity index (χ3n) is 3.80. The molecule has 0 bridgehead atoms. The monoisotopic (exact) mass is 301 g/mol. The summed E-state index contributed by atoms with van der Waals surface area (Å²) < 4.78 is 0. The van der Waals surface area contributed by atoms with Crippen LogP contribution in [0.5, 0.6) is 0 Å². The molecule has 0 saturated heterocycles. The van der Waals surface area contributed by atoms with E-state index in [1.807, 2.05) is 66.7 Å². The van der Waals surface area contributed by atoms with Gasteiger partial charge in [0.25, 0.3) is 0 Å². The number of carbonyl (C=O) groups excluding carboxylic acids is 1. The van der Waals surface area contributed by atoms with Crippen molar-refractivity contribution in [1.82, 2.24) is 0 Å². The average Bonchev–Trinajstić information content (AvgIpc) is 2.58. The van der Waals surface area contributed by atoms with E-state index in [4.69, 9.17) is 0 Å². The van der Waals surface area contributed by atoms with Crippen LogP contribution in [0, 0.1) is 0 Å². The second-order valence-electron chi connectivity index (χ2n) is 5.48. The van der Waals surface area contributed by atoms with Gasteiger partial charge in [0.2, 0.25) is 5.91 Å². The first kappa shape index (κ1) is 15.0. The molecule has 0 aliphatic rings. The maximum atomic E-state index is 12.3. The minimum Gasteiger partial charge on any atom is -0.281 e. The number of hydrogen-bond acceptors (Lipinski definition) is 1. The van der Waals surface area contributed by atoms with Gasteiger partial charge in [-0.05, 0) is 35.7 Å². The van der Waals surface area contributed by atoms with Crippen LogP contribution in [0.4, 0.5) is 11.4 Å². The van der Waals surface area contributed by atoms with E-state index in [-0.39, 0.29) is 5.91 Å². The fourth-order valence-electron chi connectivity index (χ4n) is 2.76. The molecule has 2 nitrogen and oxygen atoms in total. The van der Waals surface area contributed by atoms with Crippen LogP contribution in [-0.4, -0.2) is 5.91 Å². The third kappa shape index (κ3) is 3.49. The maximum absolute atomic E-state index is 12.3. The Kier molecular flexibility index (Phi) is 4.53. The molecule has 0 heterocycles. The molecule has 23 heavy (non-hydrogen) atoms. The molecule has 114 valence electrons. The Bertz CT molecular complexity index is 781. The summed E-state index contributed by atoms with van der Waals surface area (Å²) in [6.45, 7) is 1.60. The van der Waals surface area contributed by atoms with Crippen LogP contribution in [-0.2, 0) is 11.2 Å². The lowest BCUT2D eigenvalue weighted by atomic mass is 10.0. The summed E-state index contributed by atoms with van der Waals surface area (Å²) in [5.41, 5.74) is 4.20. The minimum atomic E-state index is 0.0108. The van der Waals surface area contributed by atoms with E-state index in [9.17, 15) is 4.79 Å². The Hall–Kier alpha value is -2.87. The van der Waals surface area contributed by atoms with Crippen molar-refractivity contribution in [3.05, 3.63) is 96.1 Å². The quantitative estimate of drug-likeness (QED) is 0.667. The Balaban J connectivity index is 2.03. The summed E-state index contributed by atoms with van der Waals surface area (Å²) in [6, 6.07) is 28.2. The van der Waals surface area contributed by atoms with Gasteiger partial charge >= 0.3 is 0 Å². The molecule has 0 spiro atoms. The molecule has 3 aromatic rings. The van der Waals surface area contributed by atoms with Gasteiger partial charge in [-0.25, -0.2) is 0 Å². The average molecular weight is 301 g/mol. The van der Waals surface area contributed by atoms with Crippen molar-refractivity contribution < 1.29 is 4.79 Å². The first-order chi connectivity index (χ1) is 11.3. The zero-order valence-corrected chi connectivity index (χ0v) is 13.1. The first-order valence-corrected chi connectivity index (χ1v) is 7.73. The highest BCUT2D eigenvalue weighted by Crippen LogP contribution is 2.30. The van der Waals surface area contributed by atoms with E-state index in [2.05, 4.69) is 18.2 Å². The standard InChI is InChI=1S/C21H19NO/c1-17(23)22(20-13-6-3-7-14-20)21-15-9-8-12-19(21)16-18-10-4-2-5-11-18/h2-15H,16H2,1H3. The molecule has 0 aliphatic carbocycles. The summed E-state index contributed by atoms with van der Waals surface area (Å²) >= 11 is 0. The van der Waals surface area contributed by atoms with Crippen LogP contribution in [0.15, 0.2) is 84.9 Å². The fourth-order valence-corrected chi connectivity index (χ4v) is 2.76. The zero-order chi connectivity index (χ0) is 16.1. The molecule has 0 aromatic heterocycles. The van der Waals surface area contributed by atoms with Gasteiger partial charge in [0, 0.05) is 12.6 Å². The number of amides is 1. The Morgan fingerprint density at radius 1 is 0.783 bits per heavy atom. The Labute approximate surface area is 137 Å². The van der Waals surface area contributed by atoms with E-state index in [1.165, 1.54) is 5.56 Å². The van der Waals surface area contributed by atoms with Gasteiger partial charge in [0.15, 0.2) is 0 Å². The summed E-state index contributed by atoms with van der Waals surface area (Å²) in [5.74, 6) is 0.0108. The lowest BCUT2D eigenvalue weighted by Crippen LogP contribution is -2.23. The van der Waals surface area contributed by atoms with E-state index in [0.29, 0.717) is 0 Å². The second kappa shape index (κ2) is 6.93. The second-order valence-corrected chi connectivity index (χ2v) is 5.48. The molecule has 3 aromatic carbocycles. The Morgan fingerprint density at radius 3 is 2.00 bits per heavy atom. The predicted octanol–water partition coefficient (Wildman–Crippen LogP) is 4.96. The van der Waals surface area contributed by atoms with Crippen molar-refractivity contribution >= 4 is 17.3 Å². The van der Waals surface area contributed by atoms with Crippen LogP contribution < -0.4 is 4.90 Å². The number of benzene rings is 3. The van der Waals surface area contributed by atoms with E-state index in [1.54, 1.807) is 11.8 Å². The molecule has 0 N–H and O–H groups in total. The number of anilines is 2. The Morgan fingerprint density at radius 2 is 1.35 bits per heavy atom. The van der Waals surface area contributed by atoms with Gasteiger partial charge in [-0.3, -0.25) is 9.69 Å². The molecule has 0 saturated carbocycles. The normalized spacial score (nSPS) is 10.3.